The molecule has 6 heteroatoms. The smallest absolute Gasteiger partial charge is 0.272 e. The number of amides is 1. The molecule has 0 aliphatic carbocycles. The first-order valence-electron chi connectivity index (χ1n) is 7.83. The molecule has 6 nitrogen and oxygen atoms in total. The van der Waals surface area contributed by atoms with E-state index in [-0.39, 0.29) is 11.9 Å². The summed E-state index contributed by atoms with van der Waals surface area (Å²) in [7, 11) is 0. The summed E-state index contributed by atoms with van der Waals surface area (Å²) < 4.78 is 0. The average Bonchev–Trinajstić information content (AvgIpc) is 3.30. The van der Waals surface area contributed by atoms with E-state index in [1.807, 2.05) is 41.3 Å². The Labute approximate surface area is 134 Å². The van der Waals surface area contributed by atoms with E-state index < -0.39 is 0 Å². The maximum absolute atomic E-state index is 12.8. The molecular formula is C17H17N5O. The molecule has 2 atom stereocenters. The number of nitrogens with zero attached hydrogens (tertiary/aromatic N) is 4. The minimum atomic E-state index is -0.0213. The van der Waals surface area contributed by atoms with E-state index in [1.54, 1.807) is 4.90 Å². The van der Waals surface area contributed by atoms with Gasteiger partial charge in [-0.1, -0.05) is 30.3 Å². The zero-order valence-electron chi connectivity index (χ0n) is 12.6. The number of likely N-dealkylation sites (tertiary alicyclic amines) is 2. The van der Waals surface area contributed by atoms with Gasteiger partial charge in [-0.2, -0.15) is 10.4 Å². The second-order valence-corrected chi connectivity index (χ2v) is 6.15. The van der Waals surface area contributed by atoms with Crippen molar-refractivity contribution in [3.63, 3.8) is 0 Å². The number of nitrogens with one attached hydrogen (secondary N) is 1. The van der Waals surface area contributed by atoms with E-state index in [1.165, 1.54) is 0 Å². The van der Waals surface area contributed by atoms with Gasteiger partial charge in [-0.25, -0.2) is 0 Å². The van der Waals surface area contributed by atoms with Crippen LogP contribution < -0.4 is 0 Å². The highest BCUT2D eigenvalue weighted by molar-refractivity contribution is 5.93. The lowest BCUT2D eigenvalue weighted by Gasteiger charge is -2.23. The fraction of sp³-hybridized carbons (Fsp3) is 0.353. The number of aromatic nitrogens is 2. The van der Waals surface area contributed by atoms with Gasteiger partial charge in [0.25, 0.3) is 5.91 Å². The summed E-state index contributed by atoms with van der Waals surface area (Å²) in [5.41, 5.74) is 2.27. The van der Waals surface area contributed by atoms with Gasteiger partial charge in [-0.05, 0) is 12.5 Å². The van der Waals surface area contributed by atoms with Gasteiger partial charge < -0.3 is 9.80 Å². The molecule has 116 valence electrons. The fourth-order valence-electron chi connectivity index (χ4n) is 3.64. The first-order chi connectivity index (χ1) is 11.3. The van der Waals surface area contributed by atoms with E-state index in [0.29, 0.717) is 18.2 Å². The third-order valence-electron chi connectivity index (χ3n) is 4.83. The van der Waals surface area contributed by atoms with Crippen molar-refractivity contribution >= 4 is 5.91 Å². The predicted octanol–water partition coefficient (Wildman–Crippen LogP) is 1.70. The van der Waals surface area contributed by atoms with E-state index in [9.17, 15) is 4.79 Å². The molecule has 2 saturated heterocycles. The lowest BCUT2D eigenvalue weighted by molar-refractivity contribution is 0.0725. The topological polar surface area (TPSA) is 76.0 Å². The van der Waals surface area contributed by atoms with Crippen LogP contribution in [0.5, 0.6) is 0 Å². The van der Waals surface area contributed by atoms with Crippen molar-refractivity contribution < 1.29 is 4.79 Å². The molecular weight excluding hydrogens is 290 g/mol. The van der Waals surface area contributed by atoms with Gasteiger partial charge in [0.15, 0.2) is 6.19 Å². The van der Waals surface area contributed by atoms with Gasteiger partial charge in [0.2, 0.25) is 0 Å². The zero-order chi connectivity index (χ0) is 15.8. The summed E-state index contributed by atoms with van der Waals surface area (Å²) in [6, 6.07) is 11.7. The third-order valence-corrected chi connectivity index (χ3v) is 4.83. The summed E-state index contributed by atoms with van der Waals surface area (Å²) in [5.74, 6) is 0.391. The summed E-state index contributed by atoms with van der Waals surface area (Å²) in [5, 5.41) is 16.2. The molecule has 1 aromatic heterocycles. The lowest BCUT2D eigenvalue weighted by Crippen LogP contribution is -2.39. The van der Waals surface area contributed by atoms with Gasteiger partial charge in [0, 0.05) is 31.1 Å². The Morgan fingerprint density at radius 3 is 2.91 bits per heavy atom. The fourth-order valence-corrected chi connectivity index (χ4v) is 3.64. The number of nitriles is 1. The minimum absolute atomic E-state index is 0.0213. The minimum Gasteiger partial charge on any atom is -0.332 e. The molecule has 3 heterocycles. The van der Waals surface area contributed by atoms with Crippen molar-refractivity contribution in [1.82, 2.24) is 20.0 Å². The highest BCUT2D eigenvalue weighted by atomic mass is 16.2. The molecule has 2 fully saturated rings. The van der Waals surface area contributed by atoms with Crippen LogP contribution in [-0.4, -0.2) is 51.6 Å². The van der Waals surface area contributed by atoms with Crippen LogP contribution >= 0.6 is 0 Å². The summed E-state index contributed by atoms with van der Waals surface area (Å²) >= 11 is 0. The molecule has 1 amide bonds. The van der Waals surface area contributed by atoms with E-state index in [0.717, 1.165) is 30.8 Å². The molecule has 23 heavy (non-hydrogen) atoms. The molecule has 2 aromatic rings. The molecule has 2 aliphatic heterocycles. The Morgan fingerprint density at radius 2 is 2.13 bits per heavy atom. The summed E-state index contributed by atoms with van der Waals surface area (Å²) in [6.07, 6.45) is 3.16. The van der Waals surface area contributed by atoms with E-state index >= 15 is 0 Å². The van der Waals surface area contributed by atoms with Crippen LogP contribution in [0, 0.1) is 17.4 Å². The van der Waals surface area contributed by atoms with Crippen LogP contribution in [0.4, 0.5) is 0 Å². The number of rotatable bonds is 2. The van der Waals surface area contributed by atoms with Crippen molar-refractivity contribution in [1.29, 1.82) is 5.26 Å². The Bertz CT molecular complexity index is 763. The second-order valence-electron chi connectivity index (χ2n) is 6.15. The van der Waals surface area contributed by atoms with Crippen molar-refractivity contribution in [3.05, 3.63) is 42.1 Å². The van der Waals surface area contributed by atoms with E-state index in [2.05, 4.69) is 16.4 Å². The molecule has 1 N–H and O–H groups in total. The summed E-state index contributed by atoms with van der Waals surface area (Å²) in [6.45, 7) is 2.17. The SMILES string of the molecule is N#CN1C[C@H]2CCN(C(=O)c3cc(-c4ccccc4)n[nH]3)[C@H]2C1. The molecule has 0 bridgehead atoms. The maximum atomic E-state index is 12.8. The number of hydrogen-bond donors (Lipinski definition) is 1. The first kappa shape index (κ1) is 13.8. The first-order valence-corrected chi connectivity index (χ1v) is 7.83. The largest absolute Gasteiger partial charge is 0.332 e. The highest BCUT2D eigenvalue weighted by Crippen LogP contribution is 2.32. The third kappa shape index (κ3) is 2.34. The molecule has 2 aliphatic rings. The van der Waals surface area contributed by atoms with Crippen molar-refractivity contribution in [2.75, 3.05) is 19.6 Å². The van der Waals surface area contributed by atoms with Crippen LogP contribution in [0.25, 0.3) is 11.3 Å². The van der Waals surface area contributed by atoms with Crippen molar-refractivity contribution in [2.24, 2.45) is 5.92 Å². The van der Waals surface area contributed by atoms with Crippen LogP contribution in [-0.2, 0) is 0 Å². The van der Waals surface area contributed by atoms with Crippen LogP contribution in [0.2, 0.25) is 0 Å². The molecule has 0 spiro atoms. The van der Waals surface area contributed by atoms with Crippen molar-refractivity contribution in [3.8, 4) is 17.5 Å². The monoisotopic (exact) mass is 307 g/mol. The molecule has 0 unspecified atom stereocenters. The maximum Gasteiger partial charge on any atom is 0.272 e. The molecule has 1 aromatic carbocycles. The Morgan fingerprint density at radius 1 is 1.30 bits per heavy atom. The van der Waals surface area contributed by atoms with Gasteiger partial charge in [-0.3, -0.25) is 9.89 Å². The van der Waals surface area contributed by atoms with Crippen molar-refractivity contribution in [2.45, 2.75) is 12.5 Å². The standard InChI is InChI=1S/C17H17N5O/c18-11-21-9-13-6-7-22(16(13)10-21)17(23)15-8-14(19-20-15)12-4-2-1-3-5-12/h1-5,8,13,16H,6-7,9-10H2,(H,19,20)/t13-,16+/m1/s1. The lowest BCUT2D eigenvalue weighted by atomic mass is 10.1. The number of aromatic amines is 1. The zero-order valence-corrected chi connectivity index (χ0v) is 12.6. The number of fused-ring (bicyclic) bond motifs is 1. The number of benzene rings is 1. The molecule has 0 saturated carbocycles. The van der Waals surface area contributed by atoms with Crippen LogP contribution in [0.1, 0.15) is 16.9 Å². The normalized spacial score (nSPS) is 22.9. The van der Waals surface area contributed by atoms with Gasteiger partial charge in [0.1, 0.15) is 5.69 Å². The number of carbonyl (C=O) groups is 1. The molecule has 0 radical (unpaired) electrons. The van der Waals surface area contributed by atoms with Gasteiger partial charge in [0.05, 0.1) is 11.7 Å². The Kier molecular flexibility index (Phi) is 3.27. The summed E-state index contributed by atoms with van der Waals surface area (Å²) in [4.78, 5) is 16.4. The van der Waals surface area contributed by atoms with Crippen LogP contribution in [0.15, 0.2) is 36.4 Å². The van der Waals surface area contributed by atoms with Gasteiger partial charge >= 0.3 is 0 Å². The number of carbonyl (C=O) groups excluding carboxylic acids is 1. The predicted molar refractivity (Wildman–Crippen MR) is 84.1 cm³/mol. The Balaban J connectivity index is 1.54. The van der Waals surface area contributed by atoms with Crippen LogP contribution in [0.3, 0.4) is 0 Å². The average molecular weight is 307 g/mol. The molecule has 4 rings (SSSR count). The number of hydrogen-bond acceptors (Lipinski definition) is 4. The number of H-pyrrole nitrogens is 1. The van der Waals surface area contributed by atoms with E-state index in [4.69, 9.17) is 5.26 Å². The quantitative estimate of drug-likeness (QED) is 0.857. The highest BCUT2D eigenvalue weighted by Gasteiger charge is 2.43. The van der Waals surface area contributed by atoms with Gasteiger partial charge in [-0.15, -0.1) is 0 Å². The second kappa shape index (κ2) is 5.43. The Hall–Kier alpha value is -2.81.